The third-order valence-corrected chi connectivity index (χ3v) is 4.94. The van der Waals surface area contributed by atoms with Crippen molar-refractivity contribution in [3.63, 3.8) is 0 Å². The number of hydrogen-bond donors (Lipinski definition) is 2. The van der Waals surface area contributed by atoms with E-state index in [0.29, 0.717) is 26.1 Å². The number of aliphatic hydroxyl groups excluding tert-OH is 1. The van der Waals surface area contributed by atoms with E-state index in [2.05, 4.69) is 0 Å². The first-order chi connectivity index (χ1) is 7.54. The molecule has 1 fully saturated rings. The van der Waals surface area contributed by atoms with Gasteiger partial charge in [0.15, 0.2) is 0 Å². The Bertz CT molecular complexity index is 307. The second kappa shape index (κ2) is 5.92. The highest BCUT2D eigenvalue weighted by Gasteiger charge is 2.35. The zero-order valence-electron chi connectivity index (χ0n) is 9.67. The van der Waals surface area contributed by atoms with Gasteiger partial charge < -0.3 is 10.8 Å². The first-order valence-electron chi connectivity index (χ1n) is 5.58. The van der Waals surface area contributed by atoms with Crippen LogP contribution in [0.1, 0.15) is 19.3 Å². The quantitative estimate of drug-likeness (QED) is 0.632. The summed E-state index contributed by atoms with van der Waals surface area (Å²) in [7, 11) is -1.87. The van der Waals surface area contributed by atoms with E-state index in [1.165, 1.54) is 8.61 Å². The lowest BCUT2D eigenvalue weighted by molar-refractivity contribution is 0.207. The SMILES string of the molecule is CN(CCCN)S(=O)(=O)N1CCCC1CO. The second-order valence-corrected chi connectivity index (χ2v) is 6.05. The van der Waals surface area contributed by atoms with Crippen LogP contribution in [0.3, 0.4) is 0 Å². The molecule has 0 amide bonds. The summed E-state index contributed by atoms with van der Waals surface area (Å²) in [6, 6.07) is -0.259. The fraction of sp³-hybridized carbons (Fsp3) is 1.00. The average Bonchev–Trinajstić information content (AvgIpc) is 2.74. The van der Waals surface area contributed by atoms with Gasteiger partial charge in [0.2, 0.25) is 0 Å². The minimum Gasteiger partial charge on any atom is -0.395 e. The van der Waals surface area contributed by atoms with Crippen molar-refractivity contribution in [1.29, 1.82) is 0 Å². The van der Waals surface area contributed by atoms with E-state index in [0.717, 1.165) is 12.8 Å². The van der Waals surface area contributed by atoms with Gasteiger partial charge in [-0.05, 0) is 25.8 Å². The van der Waals surface area contributed by atoms with Crippen molar-refractivity contribution in [2.45, 2.75) is 25.3 Å². The van der Waals surface area contributed by atoms with Crippen molar-refractivity contribution in [3.8, 4) is 0 Å². The smallest absolute Gasteiger partial charge is 0.282 e. The van der Waals surface area contributed by atoms with E-state index in [4.69, 9.17) is 10.8 Å². The summed E-state index contributed by atoms with van der Waals surface area (Å²) in [5.41, 5.74) is 5.35. The Hall–Kier alpha value is -0.210. The normalized spacial score (nSPS) is 23.1. The molecule has 1 saturated heterocycles. The molecule has 1 aliphatic heterocycles. The summed E-state index contributed by atoms with van der Waals surface area (Å²) in [4.78, 5) is 0. The summed E-state index contributed by atoms with van der Waals surface area (Å²) in [5.74, 6) is 0. The molecule has 96 valence electrons. The predicted octanol–water partition coefficient (Wildman–Crippen LogP) is -1.03. The van der Waals surface area contributed by atoms with Crippen LogP contribution in [-0.4, -0.2) is 61.5 Å². The van der Waals surface area contributed by atoms with Crippen LogP contribution in [0.15, 0.2) is 0 Å². The molecule has 6 nitrogen and oxygen atoms in total. The van der Waals surface area contributed by atoms with Crippen molar-refractivity contribution >= 4 is 10.2 Å². The highest BCUT2D eigenvalue weighted by atomic mass is 32.2. The molecule has 0 saturated carbocycles. The zero-order valence-corrected chi connectivity index (χ0v) is 10.5. The molecule has 0 aromatic rings. The molecule has 0 spiro atoms. The fourth-order valence-corrected chi connectivity index (χ4v) is 3.53. The van der Waals surface area contributed by atoms with Crippen LogP contribution in [0.2, 0.25) is 0 Å². The van der Waals surface area contributed by atoms with Gasteiger partial charge in [0.05, 0.1) is 6.61 Å². The van der Waals surface area contributed by atoms with E-state index < -0.39 is 10.2 Å². The Kier molecular flexibility index (Phi) is 5.13. The number of aliphatic hydroxyl groups is 1. The molecule has 1 unspecified atom stereocenters. The summed E-state index contributed by atoms with van der Waals surface area (Å²) >= 11 is 0. The Labute approximate surface area is 97.2 Å². The number of nitrogens with two attached hydrogens (primary N) is 1. The van der Waals surface area contributed by atoms with Crippen LogP contribution < -0.4 is 5.73 Å². The number of rotatable bonds is 6. The van der Waals surface area contributed by atoms with E-state index in [9.17, 15) is 8.42 Å². The van der Waals surface area contributed by atoms with Crippen molar-refractivity contribution < 1.29 is 13.5 Å². The molecule has 0 aliphatic carbocycles. The highest BCUT2D eigenvalue weighted by molar-refractivity contribution is 7.86. The highest BCUT2D eigenvalue weighted by Crippen LogP contribution is 2.22. The molecule has 1 aliphatic rings. The summed E-state index contributed by atoms with van der Waals surface area (Å²) in [6.07, 6.45) is 2.20. The van der Waals surface area contributed by atoms with Crippen LogP contribution in [0.5, 0.6) is 0 Å². The van der Waals surface area contributed by atoms with Gasteiger partial charge in [0, 0.05) is 26.2 Å². The molecule has 3 N–H and O–H groups in total. The Morgan fingerprint density at radius 2 is 2.25 bits per heavy atom. The molecule has 0 aromatic carbocycles. The Morgan fingerprint density at radius 1 is 1.56 bits per heavy atom. The standard InChI is InChI=1S/C9H21N3O3S/c1-11(6-3-5-10)16(14,15)12-7-2-4-9(12)8-13/h9,13H,2-8,10H2,1H3. The van der Waals surface area contributed by atoms with Crippen molar-refractivity contribution in [3.05, 3.63) is 0 Å². The molecule has 0 bridgehead atoms. The average molecular weight is 251 g/mol. The van der Waals surface area contributed by atoms with Crippen LogP contribution in [-0.2, 0) is 10.2 Å². The monoisotopic (exact) mass is 251 g/mol. The summed E-state index contributed by atoms with van der Waals surface area (Å²) in [5, 5.41) is 9.11. The van der Waals surface area contributed by atoms with Gasteiger partial charge in [0.25, 0.3) is 10.2 Å². The Morgan fingerprint density at radius 3 is 2.81 bits per heavy atom. The van der Waals surface area contributed by atoms with Crippen molar-refractivity contribution in [2.75, 3.05) is 33.3 Å². The van der Waals surface area contributed by atoms with Gasteiger partial charge >= 0.3 is 0 Å². The third kappa shape index (κ3) is 2.92. The van der Waals surface area contributed by atoms with Gasteiger partial charge in [-0.25, -0.2) is 0 Å². The van der Waals surface area contributed by atoms with Gasteiger partial charge in [0.1, 0.15) is 0 Å². The summed E-state index contributed by atoms with van der Waals surface area (Å²) < 4.78 is 26.9. The first kappa shape index (κ1) is 13.9. The molecule has 0 aromatic heterocycles. The number of hydrogen-bond acceptors (Lipinski definition) is 4. The van der Waals surface area contributed by atoms with E-state index >= 15 is 0 Å². The van der Waals surface area contributed by atoms with Crippen molar-refractivity contribution in [1.82, 2.24) is 8.61 Å². The molecule has 16 heavy (non-hydrogen) atoms. The topological polar surface area (TPSA) is 86.9 Å². The van der Waals surface area contributed by atoms with Gasteiger partial charge in [-0.2, -0.15) is 17.0 Å². The van der Waals surface area contributed by atoms with Crippen LogP contribution in [0.25, 0.3) is 0 Å². The second-order valence-electron chi connectivity index (χ2n) is 4.06. The van der Waals surface area contributed by atoms with Gasteiger partial charge in [-0.3, -0.25) is 0 Å². The predicted molar refractivity (Wildman–Crippen MR) is 62.0 cm³/mol. The lowest BCUT2D eigenvalue weighted by Crippen LogP contribution is -2.46. The largest absolute Gasteiger partial charge is 0.395 e. The maximum atomic E-state index is 12.1. The zero-order chi connectivity index (χ0) is 12.2. The Balaban J connectivity index is 2.68. The molecule has 1 rings (SSSR count). The van der Waals surface area contributed by atoms with Crippen LogP contribution in [0, 0.1) is 0 Å². The molecule has 1 heterocycles. The minimum atomic E-state index is -3.42. The fourth-order valence-electron chi connectivity index (χ4n) is 1.90. The molecular weight excluding hydrogens is 230 g/mol. The van der Waals surface area contributed by atoms with E-state index in [1.807, 2.05) is 0 Å². The van der Waals surface area contributed by atoms with Crippen molar-refractivity contribution in [2.24, 2.45) is 5.73 Å². The summed E-state index contributed by atoms with van der Waals surface area (Å²) in [6.45, 7) is 1.29. The lowest BCUT2D eigenvalue weighted by Gasteiger charge is -2.27. The van der Waals surface area contributed by atoms with E-state index in [1.54, 1.807) is 7.05 Å². The maximum Gasteiger partial charge on any atom is 0.282 e. The number of nitrogens with zero attached hydrogens (tertiary/aromatic N) is 2. The van der Waals surface area contributed by atoms with E-state index in [-0.39, 0.29) is 12.6 Å². The lowest BCUT2D eigenvalue weighted by atomic mass is 10.2. The van der Waals surface area contributed by atoms with Gasteiger partial charge in [-0.15, -0.1) is 0 Å². The maximum absolute atomic E-state index is 12.1. The van der Waals surface area contributed by atoms with Crippen LogP contribution >= 0.6 is 0 Å². The molecule has 7 heteroatoms. The van der Waals surface area contributed by atoms with Gasteiger partial charge in [-0.1, -0.05) is 0 Å². The minimum absolute atomic E-state index is 0.107. The molecule has 1 atom stereocenters. The molecule has 0 radical (unpaired) electrons. The van der Waals surface area contributed by atoms with Crippen LogP contribution in [0.4, 0.5) is 0 Å². The molecular formula is C9H21N3O3S. The first-order valence-corrected chi connectivity index (χ1v) is 6.97. The third-order valence-electron chi connectivity index (χ3n) is 2.90.